The Hall–Kier alpha value is -2.98. The summed E-state index contributed by atoms with van der Waals surface area (Å²) in [7, 11) is 0. The second-order valence-corrected chi connectivity index (χ2v) is 7.18. The Morgan fingerprint density at radius 2 is 2.07 bits per heavy atom. The standard InChI is InChI=1S/C18H22ClN7O3/c1-4-26-16-14(24-25-26)15(22-18(23-16)21-13(8-27)9(2)3)20-10-5-6-11(17(28)29)12(19)7-10/h5-7,9,13,27H,4,8H2,1-3H3,(H,28,29)(H2,20,21,22,23)/t13-/m0/s1. The average Bonchev–Trinajstić information content (AvgIpc) is 3.09. The van der Waals surface area contributed by atoms with Crippen LogP contribution in [0.1, 0.15) is 31.1 Å². The molecule has 29 heavy (non-hydrogen) atoms. The fraction of sp³-hybridized carbons (Fsp3) is 0.389. The molecule has 1 atom stereocenters. The van der Waals surface area contributed by atoms with E-state index in [-0.39, 0.29) is 29.2 Å². The van der Waals surface area contributed by atoms with Gasteiger partial charge < -0.3 is 20.8 Å². The SMILES string of the molecule is CCn1nnc2c(Nc3ccc(C(=O)O)c(Cl)c3)nc(N[C@@H](CO)C(C)C)nc21. The first-order valence-electron chi connectivity index (χ1n) is 9.12. The molecule has 154 valence electrons. The molecule has 10 nitrogen and oxygen atoms in total. The largest absolute Gasteiger partial charge is 0.478 e. The third kappa shape index (κ3) is 4.38. The number of rotatable bonds is 8. The van der Waals surface area contributed by atoms with E-state index in [0.29, 0.717) is 35.2 Å². The van der Waals surface area contributed by atoms with Gasteiger partial charge in [0.25, 0.3) is 0 Å². The van der Waals surface area contributed by atoms with Crippen LogP contribution in [0.4, 0.5) is 17.5 Å². The predicted molar refractivity (Wildman–Crippen MR) is 110 cm³/mol. The highest BCUT2D eigenvalue weighted by molar-refractivity contribution is 6.33. The number of carboxylic acids is 1. The lowest BCUT2D eigenvalue weighted by Gasteiger charge is -2.20. The number of fused-ring (bicyclic) bond motifs is 1. The normalized spacial score (nSPS) is 12.3. The van der Waals surface area contributed by atoms with Crippen molar-refractivity contribution < 1.29 is 15.0 Å². The molecule has 0 amide bonds. The number of aliphatic hydroxyl groups excluding tert-OH is 1. The molecule has 0 saturated heterocycles. The molecule has 0 bridgehead atoms. The van der Waals surface area contributed by atoms with Crippen LogP contribution in [0, 0.1) is 5.92 Å². The summed E-state index contributed by atoms with van der Waals surface area (Å²) in [6.45, 7) is 6.38. The van der Waals surface area contributed by atoms with Crippen molar-refractivity contribution in [3.05, 3.63) is 28.8 Å². The molecule has 0 aliphatic rings. The van der Waals surface area contributed by atoms with E-state index in [4.69, 9.17) is 16.7 Å². The molecule has 0 aliphatic carbocycles. The zero-order valence-electron chi connectivity index (χ0n) is 16.2. The van der Waals surface area contributed by atoms with Crippen LogP contribution in [0.15, 0.2) is 18.2 Å². The molecule has 0 saturated carbocycles. The van der Waals surface area contributed by atoms with Gasteiger partial charge in [0.05, 0.1) is 23.2 Å². The number of halogens is 1. The molecular formula is C18H22ClN7O3. The third-order valence-corrected chi connectivity index (χ3v) is 4.75. The number of aryl methyl sites for hydroxylation is 1. The summed E-state index contributed by atoms with van der Waals surface area (Å²) in [5.41, 5.74) is 1.54. The van der Waals surface area contributed by atoms with Crippen LogP contribution in [-0.4, -0.2) is 53.8 Å². The maximum Gasteiger partial charge on any atom is 0.337 e. The van der Waals surface area contributed by atoms with Gasteiger partial charge in [-0.3, -0.25) is 0 Å². The molecule has 2 heterocycles. The van der Waals surface area contributed by atoms with Crippen molar-refractivity contribution in [1.82, 2.24) is 25.0 Å². The summed E-state index contributed by atoms with van der Waals surface area (Å²) < 4.78 is 1.64. The summed E-state index contributed by atoms with van der Waals surface area (Å²) in [6.07, 6.45) is 0. The molecule has 0 radical (unpaired) electrons. The van der Waals surface area contributed by atoms with Crippen molar-refractivity contribution >= 4 is 46.2 Å². The zero-order chi connectivity index (χ0) is 21.1. The first-order valence-corrected chi connectivity index (χ1v) is 9.50. The van der Waals surface area contributed by atoms with Crippen LogP contribution in [0.2, 0.25) is 5.02 Å². The number of carboxylic acid groups (broad SMARTS) is 1. The van der Waals surface area contributed by atoms with Gasteiger partial charge in [0, 0.05) is 12.2 Å². The molecule has 0 spiro atoms. The fourth-order valence-corrected chi connectivity index (χ4v) is 2.97. The Morgan fingerprint density at radius 1 is 1.31 bits per heavy atom. The molecule has 1 aromatic carbocycles. The number of nitrogens with one attached hydrogen (secondary N) is 2. The van der Waals surface area contributed by atoms with Gasteiger partial charge in [-0.15, -0.1) is 5.10 Å². The van der Waals surface area contributed by atoms with Crippen molar-refractivity contribution in [3.63, 3.8) is 0 Å². The fourth-order valence-electron chi connectivity index (χ4n) is 2.71. The molecule has 3 aromatic rings. The van der Waals surface area contributed by atoms with Crippen LogP contribution in [0.25, 0.3) is 11.2 Å². The van der Waals surface area contributed by atoms with E-state index in [0.717, 1.165) is 0 Å². The number of carbonyl (C=O) groups is 1. The van der Waals surface area contributed by atoms with Crippen LogP contribution in [0.3, 0.4) is 0 Å². The van der Waals surface area contributed by atoms with Crippen LogP contribution < -0.4 is 10.6 Å². The van der Waals surface area contributed by atoms with Gasteiger partial charge >= 0.3 is 5.97 Å². The maximum absolute atomic E-state index is 11.2. The van der Waals surface area contributed by atoms with Crippen LogP contribution in [-0.2, 0) is 6.54 Å². The van der Waals surface area contributed by atoms with Crippen molar-refractivity contribution in [2.45, 2.75) is 33.4 Å². The van der Waals surface area contributed by atoms with E-state index >= 15 is 0 Å². The topological polar surface area (TPSA) is 138 Å². The van der Waals surface area contributed by atoms with Gasteiger partial charge in [-0.2, -0.15) is 9.97 Å². The minimum absolute atomic E-state index is 0.00653. The van der Waals surface area contributed by atoms with Gasteiger partial charge in [-0.05, 0) is 31.0 Å². The van der Waals surface area contributed by atoms with E-state index in [2.05, 4.69) is 30.9 Å². The molecule has 0 unspecified atom stereocenters. The molecule has 0 fully saturated rings. The molecule has 3 rings (SSSR count). The van der Waals surface area contributed by atoms with Gasteiger partial charge in [0.15, 0.2) is 17.0 Å². The Labute approximate surface area is 171 Å². The number of aromatic carboxylic acids is 1. The highest BCUT2D eigenvalue weighted by Gasteiger charge is 2.19. The number of hydrogen-bond donors (Lipinski definition) is 4. The monoisotopic (exact) mass is 419 g/mol. The molecule has 4 N–H and O–H groups in total. The van der Waals surface area contributed by atoms with E-state index in [1.54, 1.807) is 10.7 Å². The lowest BCUT2D eigenvalue weighted by atomic mass is 10.1. The number of nitrogens with zero attached hydrogens (tertiary/aromatic N) is 5. The van der Waals surface area contributed by atoms with Gasteiger partial charge in [-0.25, -0.2) is 9.48 Å². The number of anilines is 3. The van der Waals surface area contributed by atoms with Gasteiger partial charge in [0.1, 0.15) is 0 Å². The van der Waals surface area contributed by atoms with Crippen LogP contribution in [0.5, 0.6) is 0 Å². The van der Waals surface area contributed by atoms with Crippen molar-refractivity contribution in [1.29, 1.82) is 0 Å². The summed E-state index contributed by atoms with van der Waals surface area (Å²) in [5, 5.41) is 33.3. The average molecular weight is 420 g/mol. The second kappa shape index (κ2) is 8.58. The van der Waals surface area contributed by atoms with Crippen molar-refractivity contribution in [3.8, 4) is 0 Å². The Kier molecular flexibility index (Phi) is 6.14. The number of aliphatic hydroxyl groups is 1. The number of benzene rings is 1. The maximum atomic E-state index is 11.2. The van der Waals surface area contributed by atoms with Crippen LogP contribution >= 0.6 is 11.6 Å². The first-order chi connectivity index (χ1) is 13.8. The second-order valence-electron chi connectivity index (χ2n) is 6.78. The van der Waals surface area contributed by atoms with E-state index in [9.17, 15) is 9.90 Å². The molecule has 2 aromatic heterocycles. The van der Waals surface area contributed by atoms with Crippen molar-refractivity contribution in [2.75, 3.05) is 17.2 Å². The van der Waals surface area contributed by atoms with Crippen molar-refractivity contribution in [2.24, 2.45) is 5.92 Å². The molecule has 11 heteroatoms. The predicted octanol–water partition coefficient (Wildman–Crippen LogP) is 2.77. The summed E-state index contributed by atoms with van der Waals surface area (Å²) >= 11 is 6.06. The number of aromatic nitrogens is 5. The lowest BCUT2D eigenvalue weighted by molar-refractivity contribution is 0.0697. The summed E-state index contributed by atoms with van der Waals surface area (Å²) in [5.74, 6) is -0.242. The quantitative estimate of drug-likeness (QED) is 0.434. The van der Waals surface area contributed by atoms with E-state index < -0.39 is 5.97 Å². The Bertz CT molecular complexity index is 1040. The number of hydrogen-bond acceptors (Lipinski definition) is 8. The van der Waals surface area contributed by atoms with E-state index in [1.807, 2.05) is 20.8 Å². The minimum atomic E-state index is -1.10. The summed E-state index contributed by atoms with van der Waals surface area (Å²) in [6, 6.07) is 4.27. The minimum Gasteiger partial charge on any atom is -0.478 e. The third-order valence-electron chi connectivity index (χ3n) is 4.44. The van der Waals surface area contributed by atoms with E-state index in [1.165, 1.54) is 12.1 Å². The lowest BCUT2D eigenvalue weighted by Crippen LogP contribution is -2.30. The van der Waals surface area contributed by atoms with Gasteiger partial charge in [0.2, 0.25) is 5.95 Å². The summed E-state index contributed by atoms with van der Waals surface area (Å²) in [4.78, 5) is 20.1. The first kappa shape index (κ1) is 20.7. The van der Waals surface area contributed by atoms with Gasteiger partial charge in [-0.1, -0.05) is 30.7 Å². The smallest absolute Gasteiger partial charge is 0.337 e. The highest BCUT2D eigenvalue weighted by atomic mass is 35.5. The molecular weight excluding hydrogens is 398 g/mol. The zero-order valence-corrected chi connectivity index (χ0v) is 17.0. The molecule has 0 aliphatic heterocycles. The highest BCUT2D eigenvalue weighted by Crippen LogP contribution is 2.27. The Balaban J connectivity index is 2.02. The Morgan fingerprint density at radius 3 is 2.66 bits per heavy atom.